The highest BCUT2D eigenvalue weighted by Crippen LogP contribution is 2.28. The zero-order chi connectivity index (χ0) is 16.9. The summed E-state index contributed by atoms with van der Waals surface area (Å²) in [5.74, 6) is -2.56. The summed E-state index contributed by atoms with van der Waals surface area (Å²) in [5, 5.41) is 0. The van der Waals surface area contributed by atoms with Gasteiger partial charge in [-0.1, -0.05) is 0 Å². The highest BCUT2D eigenvalue weighted by Gasteiger charge is 2.51. The van der Waals surface area contributed by atoms with Crippen molar-refractivity contribution in [3.05, 3.63) is 0 Å². The normalized spacial score (nSPS) is 26.9. The van der Waals surface area contributed by atoms with Gasteiger partial charge >= 0.3 is 23.9 Å². The Kier molecular flexibility index (Phi) is 6.29. The van der Waals surface area contributed by atoms with Gasteiger partial charge in [0, 0.05) is 27.7 Å². The molecule has 1 rings (SSSR count). The maximum absolute atomic E-state index is 11.2. The first-order valence-corrected chi connectivity index (χ1v) is 6.51. The first kappa shape index (κ1) is 17.9. The fourth-order valence-corrected chi connectivity index (χ4v) is 1.93. The molecule has 0 bridgehead atoms. The fourth-order valence-electron chi connectivity index (χ4n) is 1.93. The smallest absolute Gasteiger partial charge is 0.305 e. The van der Waals surface area contributed by atoms with Crippen molar-refractivity contribution in [3.63, 3.8) is 0 Å². The lowest BCUT2D eigenvalue weighted by molar-refractivity contribution is -0.197. The van der Waals surface area contributed by atoms with Gasteiger partial charge < -0.3 is 23.7 Å². The Labute approximate surface area is 126 Å². The molecule has 1 saturated heterocycles. The summed E-state index contributed by atoms with van der Waals surface area (Å²) >= 11 is 0. The van der Waals surface area contributed by atoms with Crippen LogP contribution < -0.4 is 0 Å². The van der Waals surface area contributed by atoms with Crippen molar-refractivity contribution in [3.8, 4) is 0 Å². The van der Waals surface area contributed by atoms with Crippen LogP contribution in [0.25, 0.3) is 0 Å². The van der Waals surface area contributed by atoms with E-state index in [0.29, 0.717) is 0 Å². The zero-order valence-corrected chi connectivity index (χ0v) is 12.7. The van der Waals surface area contributed by atoms with Crippen LogP contribution in [0.1, 0.15) is 27.7 Å². The monoisotopic (exact) mass is 319 g/mol. The van der Waals surface area contributed by atoms with Crippen molar-refractivity contribution in [1.29, 1.82) is 0 Å². The number of ether oxygens (including phenoxy) is 5. The molecule has 1 fully saturated rings. The lowest BCUT2D eigenvalue weighted by atomic mass is 10.3. The van der Waals surface area contributed by atoms with E-state index in [9.17, 15) is 19.2 Å². The lowest BCUT2D eigenvalue weighted by Crippen LogP contribution is -2.42. The highest BCUT2D eigenvalue weighted by atomic mass is 16.8. The molecular weight excluding hydrogens is 301 g/mol. The van der Waals surface area contributed by atoms with E-state index in [-0.39, 0.29) is 6.61 Å². The second-order valence-corrected chi connectivity index (χ2v) is 4.60. The van der Waals surface area contributed by atoms with Crippen molar-refractivity contribution < 1.29 is 42.9 Å². The molecule has 22 heavy (non-hydrogen) atoms. The van der Waals surface area contributed by atoms with Crippen molar-refractivity contribution in [2.24, 2.45) is 0 Å². The van der Waals surface area contributed by atoms with Gasteiger partial charge in [0.1, 0.15) is 12.7 Å². The van der Waals surface area contributed by atoms with Gasteiger partial charge in [0.25, 0.3) is 0 Å². The van der Waals surface area contributed by atoms with Gasteiger partial charge in [0.05, 0.1) is 0 Å². The van der Waals surface area contributed by atoms with Crippen LogP contribution >= 0.6 is 0 Å². The molecule has 0 aromatic rings. The SMILES string of the molecule is CC(=O)OC[C@H]1OC(OC(C)=O)[13C@H](OC(C)=O)[C@@H]1OC(C)=O. The summed E-state index contributed by atoms with van der Waals surface area (Å²) in [6.45, 7) is 4.40. The first-order valence-electron chi connectivity index (χ1n) is 6.51. The van der Waals surface area contributed by atoms with Crippen LogP contribution in [0, 0.1) is 0 Å². The molecule has 0 spiro atoms. The maximum Gasteiger partial charge on any atom is 0.305 e. The largest absolute Gasteiger partial charge is 0.463 e. The average molecular weight is 319 g/mol. The van der Waals surface area contributed by atoms with Crippen molar-refractivity contribution in [1.82, 2.24) is 0 Å². The third-order valence-corrected chi connectivity index (χ3v) is 2.60. The quantitative estimate of drug-likeness (QED) is 0.382. The van der Waals surface area contributed by atoms with Crippen LogP contribution in [0.15, 0.2) is 0 Å². The third kappa shape index (κ3) is 5.32. The van der Waals surface area contributed by atoms with Crippen LogP contribution in [0.4, 0.5) is 0 Å². The van der Waals surface area contributed by atoms with Crippen molar-refractivity contribution in [2.45, 2.75) is 52.3 Å². The Balaban J connectivity index is 2.94. The van der Waals surface area contributed by atoms with Gasteiger partial charge in [-0.15, -0.1) is 0 Å². The molecular formula is C13H18O9. The standard InChI is InChI=1S/C13H18O9/c1-6(14)18-5-10-11(19-7(2)15)12(20-8(3)16)13(22-10)21-9(4)17/h10-13H,5H2,1-4H3/t10-,11-,12-,13?/m1/s1/i12+1. The minimum Gasteiger partial charge on any atom is -0.463 e. The molecule has 1 unspecified atom stereocenters. The number of esters is 4. The molecule has 0 aromatic heterocycles. The molecule has 1 heterocycles. The second-order valence-electron chi connectivity index (χ2n) is 4.60. The molecule has 0 amide bonds. The summed E-state index contributed by atoms with van der Waals surface area (Å²) in [5.41, 5.74) is 0. The molecule has 0 N–H and O–H groups in total. The van der Waals surface area contributed by atoms with Crippen molar-refractivity contribution >= 4 is 23.9 Å². The maximum atomic E-state index is 11.2. The number of rotatable bonds is 5. The topological polar surface area (TPSA) is 114 Å². The average Bonchev–Trinajstić information content (AvgIpc) is 2.63. The Morgan fingerprint density at radius 2 is 1.27 bits per heavy atom. The number of carbonyl (C=O) groups is 4. The van der Waals surface area contributed by atoms with Crippen LogP contribution in [-0.2, 0) is 42.9 Å². The predicted octanol–water partition coefficient (Wildman–Crippen LogP) is -0.299. The lowest BCUT2D eigenvalue weighted by Gasteiger charge is -2.22. The predicted molar refractivity (Wildman–Crippen MR) is 68.2 cm³/mol. The Morgan fingerprint density at radius 3 is 1.73 bits per heavy atom. The van der Waals surface area contributed by atoms with Crippen LogP contribution in [0.3, 0.4) is 0 Å². The second kappa shape index (κ2) is 7.74. The van der Waals surface area contributed by atoms with E-state index in [1.165, 1.54) is 6.92 Å². The zero-order valence-electron chi connectivity index (χ0n) is 12.7. The summed E-state index contributed by atoms with van der Waals surface area (Å²) in [7, 11) is 0. The molecule has 0 saturated carbocycles. The minimum absolute atomic E-state index is 0.247. The van der Waals surface area contributed by atoms with Gasteiger partial charge in [-0.05, 0) is 0 Å². The molecule has 0 aromatic carbocycles. The molecule has 4 atom stereocenters. The Bertz CT molecular complexity index is 458. The van der Waals surface area contributed by atoms with Gasteiger partial charge in [0.2, 0.25) is 12.4 Å². The van der Waals surface area contributed by atoms with Gasteiger partial charge in [0.15, 0.2) is 6.10 Å². The molecule has 9 nitrogen and oxygen atoms in total. The molecule has 1 aliphatic rings. The van der Waals surface area contributed by atoms with E-state index in [0.717, 1.165) is 20.8 Å². The van der Waals surface area contributed by atoms with Gasteiger partial charge in [-0.3, -0.25) is 19.2 Å². The van der Waals surface area contributed by atoms with E-state index in [1.54, 1.807) is 0 Å². The van der Waals surface area contributed by atoms with Gasteiger partial charge in [-0.25, -0.2) is 0 Å². The molecule has 124 valence electrons. The number of hydrogen-bond acceptors (Lipinski definition) is 9. The highest BCUT2D eigenvalue weighted by molar-refractivity contribution is 5.68. The number of hydrogen-bond donors (Lipinski definition) is 0. The van der Waals surface area contributed by atoms with Crippen LogP contribution in [-0.4, -0.2) is 55.1 Å². The van der Waals surface area contributed by atoms with E-state index in [4.69, 9.17) is 23.7 Å². The fraction of sp³-hybridized carbons (Fsp3) is 0.692. The minimum atomic E-state index is -1.26. The summed E-state index contributed by atoms with van der Waals surface area (Å²) < 4.78 is 25.2. The third-order valence-electron chi connectivity index (χ3n) is 2.60. The molecule has 0 radical (unpaired) electrons. The van der Waals surface area contributed by atoms with E-state index < -0.39 is 48.5 Å². The molecule has 9 heteroatoms. The molecule has 0 aliphatic carbocycles. The number of carbonyl (C=O) groups excluding carboxylic acids is 4. The van der Waals surface area contributed by atoms with Crippen LogP contribution in [0.2, 0.25) is 0 Å². The summed E-state index contributed by atoms with van der Waals surface area (Å²) in [4.78, 5) is 44.4. The van der Waals surface area contributed by atoms with E-state index in [2.05, 4.69) is 0 Å². The molecule has 1 aliphatic heterocycles. The Morgan fingerprint density at radius 1 is 0.773 bits per heavy atom. The van der Waals surface area contributed by atoms with Crippen molar-refractivity contribution in [2.75, 3.05) is 6.61 Å². The van der Waals surface area contributed by atoms with E-state index in [1.807, 2.05) is 0 Å². The summed E-state index contributed by atoms with van der Waals surface area (Å²) in [6.07, 6.45) is -4.40. The summed E-state index contributed by atoms with van der Waals surface area (Å²) in [6, 6.07) is 0. The Hall–Kier alpha value is -2.16. The van der Waals surface area contributed by atoms with E-state index >= 15 is 0 Å². The van der Waals surface area contributed by atoms with Crippen LogP contribution in [0.5, 0.6) is 0 Å². The first-order chi connectivity index (χ1) is 10.2. The van der Waals surface area contributed by atoms with Gasteiger partial charge in [-0.2, -0.15) is 0 Å².